The number of hydrogen-bond donors (Lipinski definition) is 2. The standard InChI is InChI=1S/C22H21N3O3S/c1-12-5-4-6-17(11-12)25-20-18(13(2)24-25)19(29-14(3)21(26)23-20)15-7-9-16(10-8-15)22(27)28/h4-11,14,19H,1-3H3,(H,23,26)(H,27,28). The number of carboxylic acid groups (broad SMARTS) is 1. The fourth-order valence-corrected chi connectivity index (χ4v) is 4.84. The molecular weight excluding hydrogens is 386 g/mol. The molecule has 0 radical (unpaired) electrons. The second-order valence-electron chi connectivity index (χ2n) is 7.17. The molecular formula is C22H21N3O3S. The van der Waals surface area contributed by atoms with Crippen molar-refractivity contribution < 1.29 is 14.7 Å². The lowest BCUT2D eigenvalue weighted by Crippen LogP contribution is -2.22. The molecule has 0 bridgehead atoms. The van der Waals surface area contributed by atoms with E-state index in [0.29, 0.717) is 5.82 Å². The number of anilines is 1. The third-order valence-corrected chi connectivity index (χ3v) is 6.43. The van der Waals surface area contributed by atoms with Crippen molar-refractivity contribution in [3.8, 4) is 5.69 Å². The Hall–Kier alpha value is -3.06. The van der Waals surface area contributed by atoms with Gasteiger partial charge in [0.2, 0.25) is 5.91 Å². The maximum atomic E-state index is 12.7. The monoisotopic (exact) mass is 407 g/mol. The molecule has 1 amide bonds. The van der Waals surface area contributed by atoms with Gasteiger partial charge in [0.25, 0.3) is 0 Å². The summed E-state index contributed by atoms with van der Waals surface area (Å²) in [5.74, 6) is -0.364. The second-order valence-corrected chi connectivity index (χ2v) is 8.62. The summed E-state index contributed by atoms with van der Waals surface area (Å²) < 4.78 is 1.78. The van der Waals surface area contributed by atoms with E-state index in [-0.39, 0.29) is 22.0 Å². The molecule has 29 heavy (non-hydrogen) atoms. The van der Waals surface area contributed by atoms with E-state index in [1.54, 1.807) is 16.8 Å². The van der Waals surface area contributed by atoms with Crippen LogP contribution >= 0.6 is 11.8 Å². The maximum Gasteiger partial charge on any atom is 0.335 e. The Kier molecular flexibility index (Phi) is 4.92. The Labute approximate surface area is 172 Å². The number of carboxylic acids is 1. The molecule has 4 rings (SSSR count). The summed E-state index contributed by atoms with van der Waals surface area (Å²) in [6.45, 7) is 5.83. The minimum absolute atomic E-state index is 0.0743. The van der Waals surface area contributed by atoms with Gasteiger partial charge in [-0.3, -0.25) is 4.79 Å². The van der Waals surface area contributed by atoms with Gasteiger partial charge in [0.05, 0.1) is 27.4 Å². The molecule has 2 heterocycles. The fraction of sp³-hybridized carbons (Fsp3) is 0.227. The molecule has 2 aromatic carbocycles. The molecule has 0 fully saturated rings. The van der Waals surface area contributed by atoms with Crippen LogP contribution in [0.25, 0.3) is 5.69 Å². The molecule has 2 unspecified atom stereocenters. The van der Waals surface area contributed by atoms with Crippen molar-refractivity contribution in [2.45, 2.75) is 31.3 Å². The molecule has 148 valence electrons. The lowest BCUT2D eigenvalue weighted by molar-refractivity contribution is -0.115. The van der Waals surface area contributed by atoms with E-state index in [1.807, 2.05) is 57.2 Å². The summed E-state index contributed by atoms with van der Waals surface area (Å²) >= 11 is 1.54. The molecule has 0 spiro atoms. The number of rotatable bonds is 3. The number of carbonyl (C=O) groups excluding carboxylic acids is 1. The summed E-state index contributed by atoms with van der Waals surface area (Å²) in [6.07, 6.45) is 0. The van der Waals surface area contributed by atoms with Crippen molar-refractivity contribution in [2.24, 2.45) is 0 Å². The van der Waals surface area contributed by atoms with Gasteiger partial charge >= 0.3 is 5.97 Å². The third kappa shape index (κ3) is 3.53. The highest BCUT2D eigenvalue weighted by Crippen LogP contribution is 2.46. The van der Waals surface area contributed by atoms with E-state index in [9.17, 15) is 14.7 Å². The number of nitrogens with one attached hydrogen (secondary N) is 1. The number of aromatic carboxylic acids is 1. The van der Waals surface area contributed by atoms with E-state index in [2.05, 4.69) is 5.32 Å². The van der Waals surface area contributed by atoms with E-state index in [1.165, 1.54) is 11.8 Å². The largest absolute Gasteiger partial charge is 0.478 e. The predicted octanol–water partition coefficient (Wildman–Crippen LogP) is 4.35. The quantitative estimate of drug-likeness (QED) is 0.674. The summed E-state index contributed by atoms with van der Waals surface area (Å²) in [6, 6.07) is 14.8. The van der Waals surface area contributed by atoms with Crippen molar-refractivity contribution in [3.63, 3.8) is 0 Å². The first kappa shape index (κ1) is 19.3. The number of hydrogen-bond acceptors (Lipinski definition) is 4. The molecule has 1 aromatic heterocycles. The van der Waals surface area contributed by atoms with Gasteiger partial charge in [-0.15, -0.1) is 11.8 Å². The van der Waals surface area contributed by atoms with Crippen LogP contribution in [0.1, 0.15) is 44.9 Å². The van der Waals surface area contributed by atoms with Crippen LogP contribution < -0.4 is 5.32 Å². The molecule has 2 atom stereocenters. The van der Waals surface area contributed by atoms with Crippen molar-refractivity contribution in [1.29, 1.82) is 0 Å². The summed E-state index contributed by atoms with van der Waals surface area (Å²) in [7, 11) is 0. The second kappa shape index (κ2) is 7.40. The van der Waals surface area contributed by atoms with E-state index >= 15 is 0 Å². The first-order chi connectivity index (χ1) is 13.8. The van der Waals surface area contributed by atoms with Crippen LogP contribution in [0.3, 0.4) is 0 Å². The average molecular weight is 407 g/mol. The van der Waals surface area contributed by atoms with Crippen LogP contribution in [0.5, 0.6) is 0 Å². The van der Waals surface area contributed by atoms with Crippen LogP contribution in [0.2, 0.25) is 0 Å². The lowest BCUT2D eigenvalue weighted by atomic mass is 10.0. The first-order valence-electron chi connectivity index (χ1n) is 9.31. The van der Waals surface area contributed by atoms with Gasteiger partial charge in [-0.25, -0.2) is 9.48 Å². The molecule has 1 aliphatic rings. The molecule has 3 aromatic rings. The number of aromatic nitrogens is 2. The summed E-state index contributed by atoms with van der Waals surface area (Å²) in [4.78, 5) is 23.9. The van der Waals surface area contributed by atoms with Gasteiger partial charge in [-0.2, -0.15) is 5.10 Å². The van der Waals surface area contributed by atoms with E-state index in [0.717, 1.165) is 28.1 Å². The molecule has 7 heteroatoms. The zero-order valence-corrected chi connectivity index (χ0v) is 17.2. The van der Waals surface area contributed by atoms with Gasteiger partial charge < -0.3 is 10.4 Å². The average Bonchev–Trinajstić information content (AvgIpc) is 2.94. The van der Waals surface area contributed by atoms with Crippen LogP contribution in [-0.2, 0) is 4.79 Å². The molecule has 0 saturated carbocycles. The first-order valence-corrected chi connectivity index (χ1v) is 10.3. The highest BCUT2D eigenvalue weighted by atomic mass is 32.2. The molecule has 1 aliphatic heterocycles. The normalized spacial score (nSPS) is 18.7. The molecule has 2 N–H and O–H groups in total. The van der Waals surface area contributed by atoms with Crippen LogP contribution in [0.4, 0.5) is 5.82 Å². The zero-order chi connectivity index (χ0) is 20.7. The molecule has 0 saturated heterocycles. The molecule has 0 aliphatic carbocycles. The number of nitrogens with zero attached hydrogens (tertiary/aromatic N) is 2. The van der Waals surface area contributed by atoms with Crippen LogP contribution in [0, 0.1) is 13.8 Å². The minimum Gasteiger partial charge on any atom is -0.478 e. The Morgan fingerprint density at radius 2 is 1.90 bits per heavy atom. The number of carbonyl (C=O) groups is 2. The highest BCUT2D eigenvalue weighted by molar-refractivity contribution is 8.01. The lowest BCUT2D eigenvalue weighted by Gasteiger charge is -2.17. The van der Waals surface area contributed by atoms with E-state index in [4.69, 9.17) is 5.10 Å². The van der Waals surface area contributed by atoms with Gasteiger partial charge in [-0.05, 0) is 56.2 Å². The summed E-state index contributed by atoms with van der Waals surface area (Å²) in [5, 5.41) is 16.6. The minimum atomic E-state index is -0.959. The number of amides is 1. The topological polar surface area (TPSA) is 84.2 Å². The van der Waals surface area contributed by atoms with Crippen LogP contribution in [-0.4, -0.2) is 32.0 Å². The smallest absolute Gasteiger partial charge is 0.335 e. The molecule has 6 nitrogen and oxygen atoms in total. The van der Waals surface area contributed by atoms with Gasteiger partial charge in [0.1, 0.15) is 5.82 Å². The zero-order valence-electron chi connectivity index (χ0n) is 16.3. The van der Waals surface area contributed by atoms with E-state index < -0.39 is 5.97 Å². The third-order valence-electron chi connectivity index (χ3n) is 5.03. The Morgan fingerprint density at radius 1 is 1.17 bits per heavy atom. The van der Waals surface area contributed by atoms with Gasteiger partial charge in [0, 0.05) is 5.56 Å². The van der Waals surface area contributed by atoms with Gasteiger partial charge in [-0.1, -0.05) is 24.3 Å². The Morgan fingerprint density at radius 3 is 2.55 bits per heavy atom. The van der Waals surface area contributed by atoms with Crippen molar-refractivity contribution in [1.82, 2.24) is 9.78 Å². The number of fused-ring (bicyclic) bond motifs is 1. The fourth-order valence-electron chi connectivity index (χ4n) is 3.52. The highest BCUT2D eigenvalue weighted by Gasteiger charge is 2.34. The Balaban J connectivity index is 1.87. The number of benzene rings is 2. The van der Waals surface area contributed by atoms with Crippen molar-refractivity contribution >= 4 is 29.5 Å². The predicted molar refractivity (Wildman–Crippen MR) is 114 cm³/mol. The van der Waals surface area contributed by atoms with Crippen molar-refractivity contribution in [3.05, 3.63) is 76.5 Å². The van der Waals surface area contributed by atoms with Crippen LogP contribution in [0.15, 0.2) is 48.5 Å². The number of thioether (sulfide) groups is 1. The van der Waals surface area contributed by atoms with Gasteiger partial charge in [0.15, 0.2) is 0 Å². The Bertz CT molecular complexity index is 1100. The maximum absolute atomic E-state index is 12.7. The van der Waals surface area contributed by atoms with Crippen molar-refractivity contribution in [2.75, 3.05) is 5.32 Å². The number of aryl methyl sites for hydroxylation is 2. The summed E-state index contributed by atoms with van der Waals surface area (Å²) in [5.41, 5.74) is 4.94. The SMILES string of the molecule is Cc1cccc(-n2nc(C)c3c2NC(=O)C(C)SC3c2ccc(C(=O)O)cc2)c1.